The molecule has 1 unspecified atom stereocenters. The van der Waals surface area contributed by atoms with Gasteiger partial charge in [-0.3, -0.25) is 4.79 Å². The number of hydrogen-bond donors (Lipinski definition) is 1. The van der Waals surface area contributed by atoms with Gasteiger partial charge in [0, 0.05) is 25.7 Å². The molecule has 1 saturated heterocycles. The van der Waals surface area contributed by atoms with Gasteiger partial charge in [-0.25, -0.2) is 28.2 Å². The molecule has 10 heteroatoms. The second kappa shape index (κ2) is 7.83. The Balaban J connectivity index is 1.63. The average Bonchev–Trinajstić information content (AvgIpc) is 3.16. The van der Waals surface area contributed by atoms with E-state index >= 15 is 0 Å². The van der Waals surface area contributed by atoms with Crippen molar-refractivity contribution in [3.8, 4) is 11.4 Å². The van der Waals surface area contributed by atoms with Crippen LogP contribution in [-0.4, -0.2) is 50.6 Å². The minimum absolute atomic E-state index is 0.317. The maximum atomic E-state index is 13.0. The van der Waals surface area contributed by atoms with Gasteiger partial charge in [-0.05, 0) is 30.9 Å². The Bertz CT molecular complexity index is 977. The number of alkyl halides is 2. The lowest BCUT2D eigenvalue weighted by Gasteiger charge is -2.33. The molecule has 1 fully saturated rings. The Hall–Kier alpha value is -3.17. The zero-order valence-corrected chi connectivity index (χ0v) is 15.0. The van der Waals surface area contributed by atoms with Gasteiger partial charge in [0.1, 0.15) is 23.5 Å². The van der Waals surface area contributed by atoms with Crippen molar-refractivity contribution >= 4 is 17.9 Å². The first-order valence-corrected chi connectivity index (χ1v) is 9.03. The molecule has 146 valence electrons. The number of imidazole rings is 1. The Morgan fingerprint density at radius 1 is 1.29 bits per heavy atom. The van der Waals surface area contributed by atoms with Crippen LogP contribution < -0.4 is 10.2 Å². The number of rotatable bonds is 6. The number of hydrogen-bond acceptors (Lipinski definition) is 6. The Labute approximate surface area is 159 Å². The highest BCUT2D eigenvalue weighted by Gasteiger charge is 2.22. The molecule has 1 atom stereocenters. The summed E-state index contributed by atoms with van der Waals surface area (Å²) in [5.41, 5.74) is 1.24. The van der Waals surface area contributed by atoms with E-state index < -0.39 is 6.43 Å². The van der Waals surface area contributed by atoms with Gasteiger partial charge in [0.25, 0.3) is 6.43 Å². The van der Waals surface area contributed by atoms with Gasteiger partial charge in [-0.1, -0.05) is 0 Å². The fraction of sp³-hybridized carbons (Fsp3) is 0.389. The number of carbonyl (C=O) groups excluding carboxylic acids is 1. The quantitative estimate of drug-likeness (QED) is 0.652. The van der Waals surface area contributed by atoms with Crippen LogP contribution in [0.1, 0.15) is 25.0 Å². The Kier molecular flexibility index (Phi) is 5.09. The van der Waals surface area contributed by atoms with Gasteiger partial charge in [0.15, 0.2) is 5.65 Å². The number of amides is 1. The van der Waals surface area contributed by atoms with Gasteiger partial charge in [-0.15, -0.1) is 0 Å². The molecule has 28 heavy (non-hydrogen) atoms. The summed E-state index contributed by atoms with van der Waals surface area (Å²) in [7, 11) is 0. The molecule has 0 aliphatic carbocycles. The van der Waals surface area contributed by atoms with Crippen molar-refractivity contribution in [2.24, 2.45) is 5.92 Å². The fourth-order valence-electron chi connectivity index (χ4n) is 3.49. The van der Waals surface area contributed by atoms with Crippen LogP contribution in [0.25, 0.3) is 17.0 Å². The molecule has 4 rings (SSSR count). The molecule has 0 spiro atoms. The minimum atomic E-state index is -2.66. The minimum Gasteiger partial charge on any atom is -0.358 e. The average molecular weight is 387 g/mol. The number of halogens is 2. The van der Waals surface area contributed by atoms with Crippen molar-refractivity contribution < 1.29 is 13.6 Å². The molecule has 1 amide bonds. The van der Waals surface area contributed by atoms with Crippen molar-refractivity contribution in [1.82, 2.24) is 29.9 Å². The number of nitrogens with one attached hydrogen (secondary N) is 1. The maximum absolute atomic E-state index is 13.0. The van der Waals surface area contributed by atoms with Crippen LogP contribution in [0, 0.1) is 5.92 Å². The number of nitrogens with zero attached hydrogens (tertiary/aromatic N) is 6. The normalized spacial score (nSPS) is 17.2. The second-order valence-corrected chi connectivity index (χ2v) is 6.71. The molecule has 3 aromatic rings. The van der Waals surface area contributed by atoms with Crippen LogP contribution in [0.2, 0.25) is 0 Å². The highest BCUT2D eigenvalue weighted by molar-refractivity contribution is 5.62. The number of carbonyl (C=O) groups is 1. The standard InChI is InChI=1S/C18H19F2N7O/c19-18(20)13-3-4-16-22-8-15(27(16)25-13)14-6-17(24-10-23-14)26-5-1-2-12(9-26)7-21-11-28/h3-4,6,8,10-12,18H,1-2,5,7,9H2,(H,21,28). The van der Waals surface area contributed by atoms with E-state index in [-0.39, 0.29) is 5.69 Å². The van der Waals surface area contributed by atoms with Gasteiger partial charge in [0.05, 0.1) is 11.9 Å². The topological polar surface area (TPSA) is 88.3 Å². The van der Waals surface area contributed by atoms with Gasteiger partial charge in [0.2, 0.25) is 6.41 Å². The Morgan fingerprint density at radius 3 is 3.00 bits per heavy atom. The third kappa shape index (κ3) is 3.62. The third-order valence-corrected chi connectivity index (χ3v) is 4.85. The lowest BCUT2D eigenvalue weighted by Crippen LogP contribution is -2.39. The summed E-state index contributed by atoms with van der Waals surface area (Å²) in [5, 5.41) is 6.72. The predicted octanol–water partition coefficient (Wildman–Crippen LogP) is 2.09. The Morgan fingerprint density at radius 2 is 2.18 bits per heavy atom. The molecule has 8 nitrogen and oxygen atoms in total. The van der Waals surface area contributed by atoms with E-state index in [2.05, 4.69) is 30.3 Å². The number of anilines is 1. The summed E-state index contributed by atoms with van der Waals surface area (Å²) in [4.78, 5) is 25.6. The molecular weight excluding hydrogens is 368 g/mol. The van der Waals surface area contributed by atoms with Crippen LogP contribution in [-0.2, 0) is 4.79 Å². The van der Waals surface area contributed by atoms with E-state index in [4.69, 9.17) is 0 Å². The lowest BCUT2D eigenvalue weighted by atomic mass is 9.98. The zero-order chi connectivity index (χ0) is 19.5. The van der Waals surface area contributed by atoms with Crippen molar-refractivity contribution in [2.75, 3.05) is 24.5 Å². The first kappa shape index (κ1) is 18.2. The lowest BCUT2D eigenvalue weighted by molar-refractivity contribution is -0.109. The number of fused-ring (bicyclic) bond motifs is 1. The molecule has 4 heterocycles. The van der Waals surface area contributed by atoms with E-state index in [0.29, 0.717) is 35.9 Å². The number of piperidine rings is 1. The van der Waals surface area contributed by atoms with E-state index in [1.165, 1.54) is 23.0 Å². The SMILES string of the molecule is O=CNCC1CCCN(c2cc(-c3cnc4ccc(C(F)F)nn34)ncn2)C1. The van der Waals surface area contributed by atoms with Crippen LogP contribution in [0.5, 0.6) is 0 Å². The summed E-state index contributed by atoms with van der Waals surface area (Å²) in [5.74, 6) is 1.10. The van der Waals surface area contributed by atoms with Crippen molar-refractivity contribution in [2.45, 2.75) is 19.3 Å². The molecule has 1 aliphatic heterocycles. The van der Waals surface area contributed by atoms with Crippen molar-refractivity contribution in [1.29, 1.82) is 0 Å². The molecule has 0 aromatic carbocycles. The summed E-state index contributed by atoms with van der Waals surface area (Å²) < 4.78 is 27.4. The van der Waals surface area contributed by atoms with Crippen LogP contribution in [0.15, 0.2) is 30.7 Å². The molecule has 3 aromatic heterocycles. The van der Waals surface area contributed by atoms with Gasteiger partial charge in [-0.2, -0.15) is 5.10 Å². The predicted molar refractivity (Wildman–Crippen MR) is 98.0 cm³/mol. The highest BCUT2D eigenvalue weighted by Crippen LogP contribution is 2.26. The third-order valence-electron chi connectivity index (χ3n) is 4.85. The van der Waals surface area contributed by atoms with Crippen LogP contribution in [0.4, 0.5) is 14.6 Å². The second-order valence-electron chi connectivity index (χ2n) is 6.71. The van der Waals surface area contributed by atoms with E-state index in [0.717, 1.165) is 31.7 Å². The van der Waals surface area contributed by atoms with E-state index in [9.17, 15) is 13.6 Å². The first-order valence-electron chi connectivity index (χ1n) is 9.03. The zero-order valence-electron chi connectivity index (χ0n) is 15.0. The molecule has 0 saturated carbocycles. The molecule has 0 bridgehead atoms. The largest absolute Gasteiger partial charge is 0.358 e. The maximum Gasteiger partial charge on any atom is 0.282 e. The fourth-order valence-corrected chi connectivity index (χ4v) is 3.49. The van der Waals surface area contributed by atoms with E-state index in [1.54, 1.807) is 6.20 Å². The van der Waals surface area contributed by atoms with Crippen molar-refractivity contribution in [3.05, 3.63) is 36.4 Å². The molecule has 0 radical (unpaired) electrons. The first-order chi connectivity index (χ1) is 13.7. The van der Waals surface area contributed by atoms with Gasteiger partial charge < -0.3 is 10.2 Å². The summed E-state index contributed by atoms with van der Waals surface area (Å²) in [6.07, 6.45) is 3.12. The molecular formula is C18H19F2N7O. The number of aromatic nitrogens is 5. The monoisotopic (exact) mass is 387 g/mol. The summed E-state index contributed by atoms with van der Waals surface area (Å²) >= 11 is 0. The van der Waals surface area contributed by atoms with Gasteiger partial charge >= 0.3 is 0 Å². The smallest absolute Gasteiger partial charge is 0.282 e. The van der Waals surface area contributed by atoms with Crippen LogP contribution >= 0.6 is 0 Å². The molecule has 1 aliphatic rings. The van der Waals surface area contributed by atoms with E-state index in [1.807, 2.05) is 6.07 Å². The summed E-state index contributed by atoms with van der Waals surface area (Å²) in [6.45, 7) is 2.26. The van der Waals surface area contributed by atoms with Crippen molar-refractivity contribution in [3.63, 3.8) is 0 Å². The summed E-state index contributed by atoms with van der Waals surface area (Å²) in [6, 6.07) is 4.59. The van der Waals surface area contributed by atoms with Crippen LogP contribution in [0.3, 0.4) is 0 Å². The highest BCUT2D eigenvalue weighted by atomic mass is 19.3. The molecule has 1 N–H and O–H groups in total.